The van der Waals surface area contributed by atoms with E-state index in [2.05, 4.69) is 5.32 Å². The van der Waals surface area contributed by atoms with Gasteiger partial charge in [-0.05, 0) is 37.5 Å². The van der Waals surface area contributed by atoms with Crippen LogP contribution in [-0.2, 0) is 4.74 Å². The van der Waals surface area contributed by atoms with Gasteiger partial charge in [0.1, 0.15) is 17.7 Å². The molecule has 1 aliphatic heterocycles. The lowest BCUT2D eigenvalue weighted by Gasteiger charge is -2.28. The number of likely N-dealkylation sites (tertiary alicyclic amines) is 1. The molecule has 1 saturated heterocycles. The maximum absolute atomic E-state index is 12.7. The van der Waals surface area contributed by atoms with E-state index in [1.807, 2.05) is 0 Å². The fraction of sp³-hybridized carbons (Fsp3) is 0.529. The van der Waals surface area contributed by atoms with Gasteiger partial charge >= 0.3 is 6.09 Å². The Balaban J connectivity index is 2.21. The lowest BCUT2D eigenvalue weighted by Crippen LogP contribution is -2.50. The SMILES string of the molecule is COCOc1ccc(OC)cc1C(=O)NC1CCCCCN1C(=O)O. The van der Waals surface area contributed by atoms with Crippen molar-refractivity contribution in [2.24, 2.45) is 0 Å². The summed E-state index contributed by atoms with van der Waals surface area (Å²) in [6.45, 7) is 0.405. The average molecular weight is 352 g/mol. The summed E-state index contributed by atoms with van der Waals surface area (Å²) in [6.07, 6.45) is 1.58. The first-order valence-electron chi connectivity index (χ1n) is 8.17. The van der Waals surface area contributed by atoms with Crippen molar-refractivity contribution in [1.82, 2.24) is 10.2 Å². The van der Waals surface area contributed by atoms with Gasteiger partial charge in [0.2, 0.25) is 0 Å². The number of ether oxygens (including phenoxy) is 3. The highest BCUT2D eigenvalue weighted by Crippen LogP contribution is 2.25. The molecule has 1 aliphatic rings. The van der Waals surface area contributed by atoms with Gasteiger partial charge in [0.25, 0.3) is 5.91 Å². The quantitative estimate of drug-likeness (QED) is 0.763. The zero-order valence-corrected chi connectivity index (χ0v) is 14.5. The van der Waals surface area contributed by atoms with Crippen molar-refractivity contribution >= 4 is 12.0 Å². The van der Waals surface area contributed by atoms with Gasteiger partial charge in [-0.15, -0.1) is 0 Å². The van der Waals surface area contributed by atoms with Crippen LogP contribution in [0, 0.1) is 0 Å². The number of carboxylic acid groups (broad SMARTS) is 1. The van der Waals surface area contributed by atoms with Crippen molar-refractivity contribution in [3.63, 3.8) is 0 Å². The maximum atomic E-state index is 12.7. The molecule has 0 radical (unpaired) electrons. The second kappa shape index (κ2) is 9.12. The van der Waals surface area contributed by atoms with E-state index in [9.17, 15) is 14.7 Å². The van der Waals surface area contributed by atoms with Gasteiger partial charge in [0.05, 0.1) is 12.7 Å². The molecule has 1 heterocycles. The van der Waals surface area contributed by atoms with Crippen LogP contribution in [0.3, 0.4) is 0 Å². The summed E-state index contributed by atoms with van der Waals surface area (Å²) in [5.74, 6) is 0.435. The lowest BCUT2D eigenvalue weighted by atomic mass is 10.1. The van der Waals surface area contributed by atoms with Crippen molar-refractivity contribution in [3.8, 4) is 11.5 Å². The van der Waals surface area contributed by atoms with E-state index < -0.39 is 18.2 Å². The third kappa shape index (κ3) is 4.99. The number of hydrogen-bond acceptors (Lipinski definition) is 5. The first kappa shape index (κ1) is 18.9. The molecule has 0 aliphatic carbocycles. The zero-order chi connectivity index (χ0) is 18.2. The molecule has 0 saturated carbocycles. The predicted octanol–water partition coefficient (Wildman–Crippen LogP) is 2.29. The van der Waals surface area contributed by atoms with Gasteiger partial charge in [0, 0.05) is 13.7 Å². The molecular formula is C17H24N2O6. The molecular weight excluding hydrogens is 328 g/mol. The van der Waals surface area contributed by atoms with Crippen LogP contribution < -0.4 is 14.8 Å². The summed E-state index contributed by atoms with van der Waals surface area (Å²) in [7, 11) is 2.99. The third-order valence-corrected chi connectivity index (χ3v) is 4.06. The van der Waals surface area contributed by atoms with E-state index >= 15 is 0 Å². The fourth-order valence-electron chi connectivity index (χ4n) is 2.78. The van der Waals surface area contributed by atoms with E-state index in [1.165, 1.54) is 19.1 Å². The number of benzene rings is 1. The molecule has 0 spiro atoms. The third-order valence-electron chi connectivity index (χ3n) is 4.06. The van der Waals surface area contributed by atoms with Crippen LogP contribution >= 0.6 is 0 Å². The molecule has 1 unspecified atom stereocenters. The normalized spacial score (nSPS) is 17.5. The monoisotopic (exact) mass is 352 g/mol. The highest BCUT2D eigenvalue weighted by molar-refractivity contribution is 5.97. The lowest BCUT2D eigenvalue weighted by molar-refractivity contribution is 0.0498. The highest BCUT2D eigenvalue weighted by atomic mass is 16.7. The Kier molecular flexibility index (Phi) is 6.88. The Bertz CT molecular complexity index is 607. The van der Waals surface area contributed by atoms with Crippen LogP contribution in [0.15, 0.2) is 18.2 Å². The minimum absolute atomic E-state index is 0.00269. The average Bonchev–Trinajstić information content (AvgIpc) is 2.85. The number of carbonyl (C=O) groups is 2. The second-order valence-corrected chi connectivity index (χ2v) is 5.73. The number of carbonyl (C=O) groups excluding carboxylic acids is 1. The van der Waals surface area contributed by atoms with Crippen LogP contribution in [-0.4, -0.2) is 55.7 Å². The molecule has 1 atom stereocenters. The van der Waals surface area contributed by atoms with Gasteiger partial charge in [0.15, 0.2) is 6.79 Å². The van der Waals surface area contributed by atoms with Gasteiger partial charge in [-0.25, -0.2) is 4.79 Å². The van der Waals surface area contributed by atoms with E-state index in [-0.39, 0.29) is 12.4 Å². The zero-order valence-electron chi connectivity index (χ0n) is 14.5. The highest BCUT2D eigenvalue weighted by Gasteiger charge is 2.27. The van der Waals surface area contributed by atoms with Gasteiger partial charge in [-0.2, -0.15) is 0 Å². The Morgan fingerprint density at radius 1 is 1.28 bits per heavy atom. The number of nitrogens with zero attached hydrogens (tertiary/aromatic N) is 1. The Labute approximate surface area is 146 Å². The Morgan fingerprint density at radius 2 is 2.08 bits per heavy atom. The van der Waals surface area contributed by atoms with Crippen LogP contribution in [0.1, 0.15) is 36.0 Å². The molecule has 1 fully saturated rings. The molecule has 2 N–H and O–H groups in total. The summed E-state index contributed by atoms with van der Waals surface area (Å²) < 4.78 is 15.5. The van der Waals surface area contributed by atoms with Gasteiger partial charge in [-0.3, -0.25) is 9.69 Å². The number of rotatable bonds is 6. The number of amides is 2. The molecule has 0 aromatic heterocycles. The molecule has 2 amide bonds. The molecule has 8 heteroatoms. The Morgan fingerprint density at radius 3 is 2.76 bits per heavy atom. The van der Waals surface area contributed by atoms with Crippen molar-refractivity contribution in [2.75, 3.05) is 27.6 Å². The Hall–Kier alpha value is -2.48. The van der Waals surface area contributed by atoms with E-state index in [4.69, 9.17) is 14.2 Å². The van der Waals surface area contributed by atoms with Crippen molar-refractivity contribution in [2.45, 2.75) is 31.8 Å². The van der Waals surface area contributed by atoms with Gasteiger partial charge < -0.3 is 24.6 Å². The smallest absolute Gasteiger partial charge is 0.408 e. The first-order valence-corrected chi connectivity index (χ1v) is 8.17. The van der Waals surface area contributed by atoms with Crippen LogP contribution in [0.5, 0.6) is 11.5 Å². The van der Waals surface area contributed by atoms with Crippen molar-refractivity contribution in [3.05, 3.63) is 23.8 Å². The molecule has 1 aromatic rings. The van der Waals surface area contributed by atoms with E-state index in [0.29, 0.717) is 24.5 Å². The van der Waals surface area contributed by atoms with Crippen molar-refractivity contribution in [1.29, 1.82) is 0 Å². The van der Waals surface area contributed by atoms with Crippen LogP contribution in [0.4, 0.5) is 4.79 Å². The summed E-state index contributed by atoms with van der Waals surface area (Å²) in [4.78, 5) is 25.5. The molecule has 138 valence electrons. The predicted molar refractivity (Wildman–Crippen MR) is 90.0 cm³/mol. The van der Waals surface area contributed by atoms with Crippen molar-refractivity contribution < 1.29 is 28.9 Å². The number of methoxy groups -OCH3 is 2. The minimum Gasteiger partial charge on any atom is -0.497 e. The van der Waals surface area contributed by atoms with E-state index in [1.54, 1.807) is 18.2 Å². The number of nitrogens with one attached hydrogen (secondary N) is 1. The largest absolute Gasteiger partial charge is 0.497 e. The molecule has 25 heavy (non-hydrogen) atoms. The van der Waals surface area contributed by atoms with Gasteiger partial charge in [-0.1, -0.05) is 6.42 Å². The maximum Gasteiger partial charge on any atom is 0.408 e. The molecule has 8 nitrogen and oxygen atoms in total. The second-order valence-electron chi connectivity index (χ2n) is 5.73. The molecule has 0 bridgehead atoms. The summed E-state index contributed by atoms with van der Waals surface area (Å²) >= 11 is 0. The minimum atomic E-state index is -1.03. The topological polar surface area (TPSA) is 97.3 Å². The summed E-state index contributed by atoms with van der Waals surface area (Å²) in [5, 5.41) is 12.2. The van der Waals surface area contributed by atoms with E-state index in [0.717, 1.165) is 19.3 Å². The van der Waals surface area contributed by atoms with Crippen LogP contribution in [0.2, 0.25) is 0 Å². The van der Waals surface area contributed by atoms with Crippen LogP contribution in [0.25, 0.3) is 0 Å². The summed E-state index contributed by atoms with van der Waals surface area (Å²) in [5.41, 5.74) is 0.269. The summed E-state index contributed by atoms with van der Waals surface area (Å²) in [6, 6.07) is 4.86. The standard InChI is InChI=1S/C17H24N2O6/c1-23-11-25-14-8-7-12(24-2)10-13(14)16(20)18-15-6-4-3-5-9-19(15)17(21)22/h7-8,10,15H,3-6,9,11H2,1-2H3,(H,18,20)(H,21,22). The first-order chi connectivity index (χ1) is 12.1. The fourth-order valence-corrected chi connectivity index (χ4v) is 2.78. The number of hydrogen-bond donors (Lipinski definition) is 2. The molecule has 2 rings (SSSR count). The molecule has 1 aromatic carbocycles.